The molecular formula is C23H20ClFN2O4S. The first-order valence-corrected chi connectivity index (χ1v) is 11.6. The van der Waals surface area contributed by atoms with Crippen LogP contribution in [-0.4, -0.2) is 32.3 Å². The second-order valence-corrected chi connectivity index (χ2v) is 9.67. The smallest absolute Gasteiger partial charge is 0.257 e. The number of anilines is 1. The molecule has 0 aromatic heterocycles. The van der Waals surface area contributed by atoms with E-state index in [1.807, 2.05) is 6.07 Å². The van der Waals surface area contributed by atoms with Crippen LogP contribution in [0.2, 0.25) is 5.02 Å². The number of halogens is 2. The molecule has 0 aliphatic carbocycles. The van der Waals surface area contributed by atoms with Crippen LogP contribution in [0.4, 0.5) is 10.1 Å². The number of fused-ring (bicyclic) bond motifs is 1. The van der Waals surface area contributed by atoms with Gasteiger partial charge in [0.05, 0.1) is 22.6 Å². The Morgan fingerprint density at radius 2 is 1.81 bits per heavy atom. The van der Waals surface area contributed by atoms with Crippen molar-refractivity contribution >= 4 is 33.2 Å². The Labute approximate surface area is 190 Å². The third kappa shape index (κ3) is 4.48. The molecule has 0 bridgehead atoms. The van der Waals surface area contributed by atoms with Gasteiger partial charge in [0.2, 0.25) is 10.0 Å². The molecule has 0 atom stereocenters. The summed E-state index contributed by atoms with van der Waals surface area (Å²) in [6.07, 6.45) is 0.558. The minimum Gasteiger partial charge on any atom is -0.497 e. The molecule has 0 spiro atoms. The molecule has 4 rings (SSSR count). The van der Waals surface area contributed by atoms with Crippen molar-refractivity contribution < 1.29 is 22.3 Å². The number of nitrogens with zero attached hydrogens (tertiary/aromatic N) is 1. The summed E-state index contributed by atoms with van der Waals surface area (Å²) in [5.41, 5.74) is 2.47. The van der Waals surface area contributed by atoms with Gasteiger partial charge in [0, 0.05) is 18.8 Å². The molecule has 3 aromatic carbocycles. The lowest BCUT2D eigenvalue weighted by molar-refractivity contribution is 0.102. The number of carbonyl (C=O) groups is 1. The maximum Gasteiger partial charge on any atom is 0.257 e. The number of ether oxygens (including phenoxy) is 1. The molecule has 0 radical (unpaired) electrons. The van der Waals surface area contributed by atoms with E-state index in [2.05, 4.69) is 5.32 Å². The van der Waals surface area contributed by atoms with Crippen LogP contribution < -0.4 is 10.1 Å². The van der Waals surface area contributed by atoms with E-state index in [1.54, 1.807) is 24.3 Å². The zero-order valence-corrected chi connectivity index (χ0v) is 18.7. The Hall–Kier alpha value is -2.94. The van der Waals surface area contributed by atoms with E-state index >= 15 is 0 Å². The molecule has 0 saturated heterocycles. The van der Waals surface area contributed by atoms with E-state index in [4.69, 9.17) is 16.3 Å². The van der Waals surface area contributed by atoms with Crippen LogP contribution in [0.1, 0.15) is 21.5 Å². The number of hydrogen-bond donors (Lipinski definition) is 1. The van der Waals surface area contributed by atoms with Crippen molar-refractivity contribution in [2.75, 3.05) is 19.0 Å². The number of nitrogens with one attached hydrogen (secondary N) is 1. The zero-order valence-electron chi connectivity index (χ0n) is 17.1. The lowest BCUT2D eigenvalue weighted by Crippen LogP contribution is -2.36. The predicted molar refractivity (Wildman–Crippen MR) is 120 cm³/mol. The molecule has 166 valence electrons. The molecule has 0 saturated carbocycles. The lowest BCUT2D eigenvalue weighted by atomic mass is 10.0. The van der Waals surface area contributed by atoms with Gasteiger partial charge >= 0.3 is 0 Å². The fourth-order valence-corrected chi connectivity index (χ4v) is 5.25. The van der Waals surface area contributed by atoms with E-state index < -0.39 is 21.7 Å². The van der Waals surface area contributed by atoms with Crippen molar-refractivity contribution in [3.05, 3.63) is 88.2 Å². The van der Waals surface area contributed by atoms with Gasteiger partial charge in [0.25, 0.3) is 5.91 Å². The highest BCUT2D eigenvalue weighted by Crippen LogP contribution is 2.28. The molecule has 32 heavy (non-hydrogen) atoms. The summed E-state index contributed by atoms with van der Waals surface area (Å²) in [6, 6.07) is 15.2. The summed E-state index contributed by atoms with van der Waals surface area (Å²) in [5, 5.41) is 2.75. The van der Waals surface area contributed by atoms with Crippen molar-refractivity contribution in [2.45, 2.75) is 17.9 Å². The highest BCUT2D eigenvalue weighted by atomic mass is 35.5. The highest BCUT2D eigenvalue weighted by Gasteiger charge is 2.28. The second-order valence-electron chi connectivity index (χ2n) is 7.33. The van der Waals surface area contributed by atoms with Gasteiger partial charge in [0.1, 0.15) is 11.6 Å². The maximum absolute atomic E-state index is 13.2. The monoisotopic (exact) mass is 474 g/mol. The van der Waals surface area contributed by atoms with Crippen molar-refractivity contribution in [3.63, 3.8) is 0 Å². The number of benzene rings is 3. The Balaban J connectivity index is 1.54. The number of amides is 1. The number of hydrogen-bond acceptors (Lipinski definition) is 4. The molecule has 1 heterocycles. The first-order chi connectivity index (χ1) is 15.3. The molecular weight excluding hydrogens is 455 g/mol. The van der Waals surface area contributed by atoms with Gasteiger partial charge in [0.15, 0.2) is 0 Å². The molecule has 9 heteroatoms. The van der Waals surface area contributed by atoms with Crippen LogP contribution in [0, 0.1) is 5.82 Å². The number of rotatable bonds is 5. The fourth-order valence-electron chi connectivity index (χ4n) is 3.58. The van der Waals surface area contributed by atoms with Crippen LogP contribution >= 0.6 is 11.6 Å². The van der Waals surface area contributed by atoms with E-state index in [1.165, 1.54) is 29.6 Å². The minimum atomic E-state index is -3.68. The third-order valence-corrected chi connectivity index (χ3v) is 7.49. The first-order valence-electron chi connectivity index (χ1n) is 9.80. The summed E-state index contributed by atoms with van der Waals surface area (Å²) in [4.78, 5) is 12.7. The number of carbonyl (C=O) groups excluding carboxylic acids is 1. The van der Waals surface area contributed by atoms with Gasteiger partial charge in [-0.15, -0.1) is 0 Å². The van der Waals surface area contributed by atoms with Gasteiger partial charge in [-0.25, -0.2) is 12.8 Å². The standard InChI is InChI=1S/C23H20ClFN2O4S/c1-31-19-5-7-20(8-6-19)32(29,30)27-11-10-15-2-4-18(12-16(15)14-27)26-23(28)21-9-3-17(25)13-22(21)24/h2-9,12-13H,10-11,14H2,1H3,(H,26,28). The van der Waals surface area contributed by atoms with Crippen molar-refractivity contribution in [1.82, 2.24) is 4.31 Å². The van der Waals surface area contributed by atoms with E-state index in [0.29, 0.717) is 24.4 Å². The van der Waals surface area contributed by atoms with Gasteiger partial charge in [-0.2, -0.15) is 4.31 Å². The van der Waals surface area contributed by atoms with Crippen molar-refractivity contribution in [1.29, 1.82) is 0 Å². The average Bonchev–Trinajstić information content (AvgIpc) is 2.78. The van der Waals surface area contributed by atoms with Crippen molar-refractivity contribution in [3.8, 4) is 5.75 Å². The zero-order chi connectivity index (χ0) is 22.9. The van der Waals surface area contributed by atoms with Crippen LogP contribution in [0.3, 0.4) is 0 Å². The SMILES string of the molecule is COc1ccc(S(=O)(=O)N2CCc3ccc(NC(=O)c4ccc(F)cc4Cl)cc3C2)cc1. The lowest BCUT2D eigenvalue weighted by Gasteiger charge is -2.28. The second kappa shape index (κ2) is 8.90. The fraction of sp³-hybridized carbons (Fsp3) is 0.174. The Morgan fingerprint density at radius 1 is 1.06 bits per heavy atom. The Bertz CT molecular complexity index is 1280. The maximum atomic E-state index is 13.2. The first kappa shape index (κ1) is 22.3. The average molecular weight is 475 g/mol. The molecule has 1 N–H and O–H groups in total. The van der Waals surface area contributed by atoms with Gasteiger partial charge in [-0.05, 0) is 72.1 Å². The minimum absolute atomic E-state index is 0.0113. The molecule has 3 aromatic rings. The number of methoxy groups -OCH3 is 1. The molecule has 1 aliphatic rings. The summed E-state index contributed by atoms with van der Waals surface area (Å²) >= 11 is 5.97. The van der Waals surface area contributed by atoms with E-state index in [9.17, 15) is 17.6 Å². The molecule has 1 amide bonds. The molecule has 0 fully saturated rings. The quantitative estimate of drug-likeness (QED) is 0.591. The molecule has 6 nitrogen and oxygen atoms in total. The summed E-state index contributed by atoms with van der Waals surface area (Å²) in [6.45, 7) is 0.545. The third-order valence-electron chi connectivity index (χ3n) is 5.31. The Morgan fingerprint density at radius 3 is 2.50 bits per heavy atom. The van der Waals surface area contributed by atoms with E-state index in [-0.39, 0.29) is 22.0 Å². The summed E-state index contributed by atoms with van der Waals surface area (Å²) in [7, 11) is -2.16. The number of sulfonamides is 1. The molecule has 1 aliphatic heterocycles. The van der Waals surface area contributed by atoms with E-state index in [0.717, 1.165) is 23.3 Å². The van der Waals surface area contributed by atoms with Gasteiger partial charge in [-0.3, -0.25) is 4.79 Å². The van der Waals surface area contributed by atoms with Crippen LogP contribution in [0.15, 0.2) is 65.6 Å². The largest absolute Gasteiger partial charge is 0.497 e. The molecule has 0 unspecified atom stereocenters. The Kier molecular flexibility index (Phi) is 6.19. The van der Waals surface area contributed by atoms with Crippen molar-refractivity contribution in [2.24, 2.45) is 0 Å². The summed E-state index contributed by atoms with van der Waals surface area (Å²) in [5.74, 6) is -0.429. The van der Waals surface area contributed by atoms with Crippen LogP contribution in [0.25, 0.3) is 0 Å². The van der Waals surface area contributed by atoms with Gasteiger partial charge in [-0.1, -0.05) is 17.7 Å². The summed E-state index contributed by atoms with van der Waals surface area (Å²) < 4.78 is 45.9. The topological polar surface area (TPSA) is 75.7 Å². The predicted octanol–water partition coefficient (Wildman–Crippen LogP) is 4.49. The highest BCUT2D eigenvalue weighted by molar-refractivity contribution is 7.89. The normalized spacial score (nSPS) is 14.0. The van der Waals surface area contributed by atoms with Crippen LogP contribution in [-0.2, 0) is 23.0 Å². The van der Waals surface area contributed by atoms with Gasteiger partial charge < -0.3 is 10.1 Å². The van der Waals surface area contributed by atoms with Crippen LogP contribution in [0.5, 0.6) is 5.75 Å².